The summed E-state index contributed by atoms with van der Waals surface area (Å²) in [5.74, 6) is -0.277. The highest BCUT2D eigenvalue weighted by molar-refractivity contribution is 7.47. The van der Waals surface area contributed by atoms with Crippen LogP contribution in [0, 0.1) is 5.92 Å². The highest BCUT2D eigenvalue weighted by atomic mass is 31.2. The van der Waals surface area contributed by atoms with Crippen molar-refractivity contribution in [1.29, 1.82) is 0 Å². The second kappa shape index (κ2) is 32.6. The van der Waals surface area contributed by atoms with Crippen LogP contribution in [0.1, 0.15) is 175 Å². The number of aliphatic hydroxyl groups excluding tert-OH is 1. The standard InChI is InChI=1S/C40H76O14P2/c1-4-5-6-7-16-21-26-37-38(54-37)27-22-17-14-19-24-29-40(43)53-36(33-52-56(47,48)51-31-35(41)30-50-55(44,45)46)32-49-39(42)28-23-18-13-11-9-8-10-12-15-20-25-34(2)3/h16,21,34-38,41H,4-15,17-20,22-33H2,1-3H3,(H,47,48)(H2,44,45,46)/b21-16-/t35-,36+,37?,38?/m0/s1. The van der Waals surface area contributed by atoms with E-state index in [2.05, 4.69) is 42.0 Å². The number of unbranched alkanes of at least 4 members (excludes halogenated alkanes) is 16. The van der Waals surface area contributed by atoms with Gasteiger partial charge < -0.3 is 34.0 Å². The van der Waals surface area contributed by atoms with Gasteiger partial charge in [0.25, 0.3) is 0 Å². The Morgan fingerprint density at radius 2 is 1.21 bits per heavy atom. The first-order valence-corrected chi connectivity index (χ1v) is 24.4. The molecule has 0 bridgehead atoms. The van der Waals surface area contributed by atoms with Crippen LogP contribution >= 0.6 is 15.6 Å². The first-order valence-electron chi connectivity index (χ1n) is 21.4. The molecule has 1 aliphatic rings. The van der Waals surface area contributed by atoms with Crippen LogP contribution in [0.25, 0.3) is 0 Å². The molecular weight excluding hydrogens is 766 g/mol. The fourth-order valence-corrected chi connectivity index (χ4v) is 7.28. The molecule has 1 heterocycles. The minimum atomic E-state index is -4.86. The predicted molar refractivity (Wildman–Crippen MR) is 216 cm³/mol. The van der Waals surface area contributed by atoms with Crippen molar-refractivity contribution in [3.63, 3.8) is 0 Å². The lowest BCUT2D eigenvalue weighted by molar-refractivity contribution is -0.161. The monoisotopic (exact) mass is 842 g/mol. The van der Waals surface area contributed by atoms with E-state index in [1.165, 1.54) is 64.2 Å². The summed E-state index contributed by atoms with van der Waals surface area (Å²) in [6.45, 7) is 4.01. The third kappa shape index (κ3) is 33.8. The minimum Gasteiger partial charge on any atom is -0.462 e. The zero-order valence-corrected chi connectivity index (χ0v) is 36.4. The largest absolute Gasteiger partial charge is 0.472 e. The van der Waals surface area contributed by atoms with Gasteiger partial charge in [0.05, 0.1) is 32.0 Å². The number of carbonyl (C=O) groups is 2. The van der Waals surface area contributed by atoms with Crippen LogP contribution in [0.3, 0.4) is 0 Å². The number of esters is 2. The minimum absolute atomic E-state index is 0.111. The molecule has 5 atom stereocenters. The Labute approximate surface area is 337 Å². The van der Waals surface area contributed by atoms with Crippen molar-refractivity contribution in [3.8, 4) is 0 Å². The molecule has 1 aliphatic heterocycles. The van der Waals surface area contributed by atoms with Crippen molar-refractivity contribution in [2.24, 2.45) is 5.92 Å². The summed E-state index contributed by atoms with van der Waals surface area (Å²) in [6.07, 6.45) is 26.6. The third-order valence-electron chi connectivity index (χ3n) is 9.50. The van der Waals surface area contributed by atoms with E-state index in [1.807, 2.05) is 0 Å². The van der Waals surface area contributed by atoms with E-state index in [0.29, 0.717) is 25.0 Å². The molecule has 0 aromatic heterocycles. The van der Waals surface area contributed by atoms with Crippen LogP contribution < -0.4 is 0 Å². The lowest BCUT2D eigenvalue weighted by atomic mass is 10.0. The predicted octanol–water partition coefficient (Wildman–Crippen LogP) is 9.41. The van der Waals surface area contributed by atoms with Crippen molar-refractivity contribution in [2.45, 2.75) is 199 Å². The Balaban J connectivity index is 2.37. The van der Waals surface area contributed by atoms with Crippen LogP contribution in [0.4, 0.5) is 0 Å². The number of phosphoric acid groups is 2. The summed E-state index contributed by atoms with van der Waals surface area (Å²) >= 11 is 0. The second-order valence-electron chi connectivity index (χ2n) is 15.5. The topological polar surface area (TPSA) is 208 Å². The molecule has 1 fully saturated rings. The summed E-state index contributed by atoms with van der Waals surface area (Å²) < 4.78 is 53.5. The smallest absolute Gasteiger partial charge is 0.462 e. The average Bonchev–Trinajstić information content (AvgIpc) is 3.89. The normalized spacial score (nSPS) is 17.9. The van der Waals surface area contributed by atoms with Crippen molar-refractivity contribution >= 4 is 27.6 Å². The molecule has 0 amide bonds. The number of allylic oxidation sites excluding steroid dienone is 1. The number of rotatable bonds is 39. The van der Waals surface area contributed by atoms with Gasteiger partial charge in [0.1, 0.15) is 12.7 Å². The van der Waals surface area contributed by atoms with E-state index in [9.17, 15) is 28.7 Å². The molecule has 0 aromatic carbocycles. The lowest BCUT2D eigenvalue weighted by Gasteiger charge is -2.20. The number of aliphatic hydroxyl groups is 1. The number of carbonyl (C=O) groups excluding carboxylic acids is 2. The molecule has 1 rings (SSSR count). The van der Waals surface area contributed by atoms with Gasteiger partial charge in [0.2, 0.25) is 0 Å². The van der Waals surface area contributed by atoms with Gasteiger partial charge >= 0.3 is 27.6 Å². The Bertz CT molecular complexity index is 1130. The molecular formula is C40H76O14P2. The van der Waals surface area contributed by atoms with E-state index in [0.717, 1.165) is 70.1 Å². The molecule has 56 heavy (non-hydrogen) atoms. The van der Waals surface area contributed by atoms with Crippen LogP contribution in [0.2, 0.25) is 0 Å². The zero-order valence-electron chi connectivity index (χ0n) is 34.6. The van der Waals surface area contributed by atoms with Crippen molar-refractivity contribution in [2.75, 3.05) is 26.4 Å². The van der Waals surface area contributed by atoms with E-state index >= 15 is 0 Å². The number of phosphoric ester groups is 2. The van der Waals surface area contributed by atoms with Crippen LogP contribution in [0.15, 0.2) is 12.2 Å². The maximum absolute atomic E-state index is 12.7. The summed E-state index contributed by atoms with van der Waals surface area (Å²) in [5, 5.41) is 9.74. The lowest BCUT2D eigenvalue weighted by Crippen LogP contribution is -2.30. The van der Waals surface area contributed by atoms with Gasteiger partial charge in [-0.25, -0.2) is 9.13 Å². The fraction of sp³-hybridized carbons (Fsp3) is 0.900. The van der Waals surface area contributed by atoms with E-state index in [4.69, 9.17) is 28.5 Å². The molecule has 0 spiro atoms. The number of hydrogen-bond donors (Lipinski definition) is 4. The molecule has 4 N–H and O–H groups in total. The first-order chi connectivity index (χ1) is 26.7. The van der Waals surface area contributed by atoms with Crippen LogP contribution in [-0.2, 0) is 46.5 Å². The number of hydrogen-bond acceptors (Lipinski definition) is 11. The van der Waals surface area contributed by atoms with Crippen molar-refractivity contribution in [3.05, 3.63) is 12.2 Å². The highest BCUT2D eigenvalue weighted by Gasteiger charge is 2.36. The number of epoxide rings is 1. The summed E-state index contributed by atoms with van der Waals surface area (Å²) in [5.41, 5.74) is 0. The SMILES string of the molecule is CCCCC/C=C\CC1OC1CCCCCCCC(=O)O[C@H](COC(=O)CCCCCCCCCCCCC(C)C)COP(=O)(O)OC[C@@H](O)COP(=O)(O)O. The van der Waals surface area contributed by atoms with E-state index in [-0.39, 0.29) is 19.4 Å². The molecule has 0 aliphatic carbocycles. The Morgan fingerprint density at radius 3 is 1.82 bits per heavy atom. The van der Waals surface area contributed by atoms with Crippen LogP contribution in [0.5, 0.6) is 0 Å². The van der Waals surface area contributed by atoms with Gasteiger partial charge in [0, 0.05) is 12.8 Å². The van der Waals surface area contributed by atoms with Crippen molar-refractivity contribution in [1.82, 2.24) is 0 Å². The van der Waals surface area contributed by atoms with Gasteiger partial charge in [0.15, 0.2) is 6.10 Å². The Kier molecular flexibility index (Phi) is 30.8. The van der Waals surface area contributed by atoms with Gasteiger partial charge in [-0.15, -0.1) is 0 Å². The Hall–Kier alpha value is -1.18. The van der Waals surface area contributed by atoms with Gasteiger partial charge in [-0.05, 0) is 44.4 Å². The molecule has 3 unspecified atom stereocenters. The van der Waals surface area contributed by atoms with Gasteiger partial charge in [-0.1, -0.05) is 136 Å². The Morgan fingerprint density at radius 1 is 0.661 bits per heavy atom. The van der Waals surface area contributed by atoms with Gasteiger partial charge in [-0.2, -0.15) is 0 Å². The molecule has 1 saturated heterocycles. The molecule has 0 aromatic rings. The maximum Gasteiger partial charge on any atom is 0.472 e. The molecule has 0 radical (unpaired) electrons. The van der Waals surface area contributed by atoms with Crippen molar-refractivity contribution < 1.29 is 66.3 Å². The van der Waals surface area contributed by atoms with Gasteiger partial charge in [-0.3, -0.25) is 23.2 Å². The quantitative estimate of drug-likeness (QED) is 0.0150. The zero-order chi connectivity index (χ0) is 41.5. The van der Waals surface area contributed by atoms with E-state index in [1.54, 1.807) is 0 Å². The summed E-state index contributed by atoms with van der Waals surface area (Å²) in [4.78, 5) is 52.7. The first kappa shape index (κ1) is 52.8. The number of ether oxygens (including phenoxy) is 3. The summed E-state index contributed by atoms with van der Waals surface area (Å²) in [6, 6.07) is 0. The van der Waals surface area contributed by atoms with Crippen LogP contribution in [-0.4, -0.2) is 82.6 Å². The second-order valence-corrected chi connectivity index (χ2v) is 18.2. The highest BCUT2D eigenvalue weighted by Crippen LogP contribution is 2.44. The molecule has 330 valence electrons. The summed E-state index contributed by atoms with van der Waals surface area (Å²) in [7, 11) is -9.67. The average molecular weight is 843 g/mol. The third-order valence-corrected chi connectivity index (χ3v) is 10.9. The maximum atomic E-state index is 12.7. The molecule has 14 nitrogen and oxygen atoms in total. The molecule has 16 heteroatoms. The fourth-order valence-electron chi connectivity index (χ4n) is 6.13. The van der Waals surface area contributed by atoms with E-state index < -0.39 is 59.6 Å². The molecule has 0 saturated carbocycles.